The van der Waals surface area contributed by atoms with Crippen LogP contribution in [-0.2, 0) is 25.7 Å². The van der Waals surface area contributed by atoms with Crippen LogP contribution in [0, 0.1) is 0 Å². The zero-order chi connectivity index (χ0) is 28.5. The number of amides is 2. The topological polar surface area (TPSA) is 114 Å². The quantitative estimate of drug-likeness (QED) is 0.274. The Hall–Kier alpha value is -3.82. The summed E-state index contributed by atoms with van der Waals surface area (Å²) in [4.78, 5) is 38.0. The van der Waals surface area contributed by atoms with Crippen LogP contribution in [0.2, 0.25) is 0 Å². The number of fused-ring (bicyclic) bond motifs is 3. The summed E-state index contributed by atoms with van der Waals surface area (Å²) in [6.07, 6.45) is 0.658. The van der Waals surface area contributed by atoms with Gasteiger partial charge in [0.1, 0.15) is 12.6 Å². The molecule has 3 aromatic carbocycles. The predicted molar refractivity (Wildman–Crippen MR) is 155 cm³/mol. The minimum absolute atomic E-state index is 0.110. The summed E-state index contributed by atoms with van der Waals surface area (Å²) in [7, 11) is 0. The van der Waals surface area contributed by atoms with E-state index in [0.29, 0.717) is 12.2 Å². The molecule has 0 fully saturated rings. The molecule has 1 aliphatic rings. The minimum atomic E-state index is -1.29. The third-order valence-corrected chi connectivity index (χ3v) is 7.60. The number of nitrogens with one attached hydrogen (secondary N) is 2. The molecular formula is C31H34N2O6S. The number of thioether (sulfide) groups is 1. The molecular weight excluding hydrogens is 528 g/mol. The highest BCUT2D eigenvalue weighted by Crippen LogP contribution is 2.44. The van der Waals surface area contributed by atoms with Crippen LogP contribution >= 0.6 is 11.8 Å². The summed E-state index contributed by atoms with van der Waals surface area (Å²) >= 11 is 1.52. The normalized spacial score (nSPS) is 14.3. The van der Waals surface area contributed by atoms with Crippen molar-refractivity contribution in [2.75, 3.05) is 18.6 Å². The number of hydrogen-bond acceptors (Lipinski definition) is 6. The second-order valence-electron chi connectivity index (χ2n) is 9.63. The average Bonchev–Trinajstić information content (AvgIpc) is 3.29. The first kappa shape index (κ1) is 29.2. The van der Waals surface area contributed by atoms with Gasteiger partial charge in [0, 0.05) is 5.92 Å². The van der Waals surface area contributed by atoms with E-state index in [-0.39, 0.29) is 19.1 Å². The molecule has 0 saturated heterocycles. The standard InChI is InChI=1S/C31H34N2O6S/c1-20(38-18-21-10-4-3-5-11-21)28(30(35)36)33-29(34)27(16-17-40-2)32-31(37)39-19-26-24-14-8-6-12-22(24)23-13-7-9-15-25(23)26/h3-15,20,26-28H,16-19H2,1-2H3,(H,32,37)(H,33,34)(H,35,36)/t20?,27-,28?/m1/s1. The monoisotopic (exact) mass is 562 g/mol. The molecule has 2 unspecified atom stereocenters. The first-order valence-electron chi connectivity index (χ1n) is 13.2. The van der Waals surface area contributed by atoms with Crippen molar-refractivity contribution in [1.82, 2.24) is 10.6 Å². The molecule has 40 heavy (non-hydrogen) atoms. The third kappa shape index (κ3) is 7.22. The van der Waals surface area contributed by atoms with Gasteiger partial charge in [-0.2, -0.15) is 11.8 Å². The Bertz CT molecular complexity index is 1270. The van der Waals surface area contributed by atoms with Gasteiger partial charge in [-0.05, 0) is 53.2 Å². The van der Waals surface area contributed by atoms with Crippen molar-refractivity contribution in [3.8, 4) is 11.1 Å². The molecule has 9 heteroatoms. The van der Waals surface area contributed by atoms with E-state index in [2.05, 4.69) is 22.8 Å². The number of alkyl carbamates (subject to hydrolysis) is 1. The lowest BCUT2D eigenvalue weighted by Crippen LogP contribution is -2.55. The lowest BCUT2D eigenvalue weighted by atomic mass is 9.98. The van der Waals surface area contributed by atoms with Gasteiger partial charge in [-0.1, -0.05) is 78.9 Å². The van der Waals surface area contributed by atoms with Crippen LogP contribution in [-0.4, -0.2) is 59.9 Å². The lowest BCUT2D eigenvalue weighted by molar-refractivity contribution is -0.146. The van der Waals surface area contributed by atoms with E-state index in [1.165, 1.54) is 11.8 Å². The number of carboxylic acid groups (broad SMARTS) is 1. The number of hydrogen-bond donors (Lipinski definition) is 3. The maximum absolute atomic E-state index is 13.2. The van der Waals surface area contributed by atoms with Crippen molar-refractivity contribution in [2.45, 2.75) is 44.1 Å². The summed E-state index contributed by atoms with van der Waals surface area (Å²) in [5.41, 5.74) is 5.30. The molecule has 4 rings (SSSR count). The fourth-order valence-electron chi connectivity index (χ4n) is 4.82. The van der Waals surface area contributed by atoms with Crippen molar-refractivity contribution in [3.05, 3.63) is 95.6 Å². The first-order chi connectivity index (χ1) is 19.4. The molecule has 3 N–H and O–H groups in total. The molecule has 0 bridgehead atoms. The van der Waals surface area contributed by atoms with E-state index in [1.54, 1.807) is 6.92 Å². The lowest BCUT2D eigenvalue weighted by Gasteiger charge is -2.25. The van der Waals surface area contributed by atoms with Crippen LogP contribution in [0.3, 0.4) is 0 Å². The van der Waals surface area contributed by atoms with Gasteiger partial charge in [-0.25, -0.2) is 9.59 Å². The highest BCUT2D eigenvalue weighted by atomic mass is 32.2. The van der Waals surface area contributed by atoms with Crippen molar-refractivity contribution in [1.29, 1.82) is 0 Å². The number of aliphatic carboxylic acids is 1. The summed E-state index contributed by atoms with van der Waals surface area (Å²) in [5, 5.41) is 15.0. The molecule has 0 radical (unpaired) electrons. The van der Waals surface area contributed by atoms with Crippen LogP contribution in [0.5, 0.6) is 0 Å². The summed E-state index contributed by atoms with van der Waals surface area (Å²) < 4.78 is 11.3. The van der Waals surface area contributed by atoms with Crippen LogP contribution < -0.4 is 10.6 Å². The van der Waals surface area contributed by atoms with E-state index < -0.39 is 36.2 Å². The zero-order valence-corrected chi connectivity index (χ0v) is 23.4. The molecule has 3 atom stereocenters. The summed E-state index contributed by atoms with van der Waals surface area (Å²) in [5.74, 6) is -1.36. The van der Waals surface area contributed by atoms with Crippen molar-refractivity contribution < 1.29 is 29.0 Å². The summed E-state index contributed by atoms with van der Waals surface area (Å²) in [6.45, 7) is 1.91. The second kappa shape index (κ2) is 14.0. The van der Waals surface area contributed by atoms with E-state index in [1.807, 2.05) is 73.0 Å². The Balaban J connectivity index is 1.37. The Morgan fingerprint density at radius 3 is 2.10 bits per heavy atom. The second-order valence-corrected chi connectivity index (χ2v) is 10.6. The highest BCUT2D eigenvalue weighted by molar-refractivity contribution is 7.98. The Morgan fingerprint density at radius 1 is 0.900 bits per heavy atom. The largest absolute Gasteiger partial charge is 0.480 e. The van der Waals surface area contributed by atoms with Gasteiger partial charge < -0.3 is 25.2 Å². The van der Waals surface area contributed by atoms with E-state index in [0.717, 1.165) is 27.8 Å². The molecule has 8 nitrogen and oxygen atoms in total. The van der Waals surface area contributed by atoms with Crippen molar-refractivity contribution >= 4 is 29.7 Å². The number of carboxylic acids is 1. The fraction of sp³-hybridized carbons (Fsp3) is 0.323. The van der Waals surface area contributed by atoms with Crippen LogP contribution in [0.4, 0.5) is 4.79 Å². The molecule has 0 heterocycles. The van der Waals surface area contributed by atoms with Gasteiger partial charge in [0.25, 0.3) is 0 Å². The highest BCUT2D eigenvalue weighted by Gasteiger charge is 2.32. The van der Waals surface area contributed by atoms with Crippen molar-refractivity contribution in [2.24, 2.45) is 0 Å². The fourth-order valence-corrected chi connectivity index (χ4v) is 5.29. The molecule has 3 aromatic rings. The van der Waals surface area contributed by atoms with Crippen LogP contribution in [0.1, 0.15) is 36.0 Å². The number of benzene rings is 3. The molecule has 0 spiro atoms. The number of ether oxygens (including phenoxy) is 2. The smallest absolute Gasteiger partial charge is 0.407 e. The predicted octanol–water partition coefficient (Wildman–Crippen LogP) is 4.82. The average molecular weight is 563 g/mol. The first-order valence-corrected chi connectivity index (χ1v) is 14.6. The molecule has 1 aliphatic carbocycles. The Labute approximate surface area is 238 Å². The molecule has 0 aromatic heterocycles. The molecule has 0 saturated carbocycles. The van der Waals surface area contributed by atoms with Gasteiger partial charge in [0.05, 0.1) is 12.7 Å². The third-order valence-electron chi connectivity index (χ3n) is 6.95. The van der Waals surface area contributed by atoms with Crippen molar-refractivity contribution in [3.63, 3.8) is 0 Å². The van der Waals surface area contributed by atoms with Gasteiger partial charge in [-0.15, -0.1) is 0 Å². The summed E-state index contributed by atoms with van der Waals surface area (Å²) in [6, 6.07) is 23.2. The van der Waals surface area contributed by atoms with Gasteiger partial charge >= 0.3 is 12.1 Å². The number of carbonyl (C=O) groups excluding carboxylic acids is 2. The number of carbonyl (C=O) groups is 3. The zero-order valence-electron chi connectivity index (χ0n) is 22.5. The van der Waals surface area contributed by atoms with Crippen LogP contribution in [0.15, 0.2) is 78.9 Å². The Morgan fingerprint density at radius 2 is 1.50 bits per heavy atom. The van der Waals surface area contributed by atoms with Gasteiger partial charge in [0.2, 0.25) is 5.91 Å². The van der Waals surface area contributed by atoms with Gasteiger partial charge in [0.15, 0.2) is 6.04 Å². The number of rotatable bonds is 13. The maximum Gasteiger partial charge on any atom is 0.407 e. The van der Waals surface area contributed by atoms with E-state index in [4.69, 9.17) is 9.47 Å². The minimum Gasteiger partial charge on any atom is -0.480 e. The van der Waals surface area contributed by atoms with Gasteiger partial charge in [-0.3, -0.25) is 4.79 Å². The SMILES string of the molecule is CSCC[C@@H](NC(=O)OCC1c2ccccc2-c2ccccc21)C(=O)NC(C(=O)O)C(C)OCc1ccccc1. The molecule has 2 amide bonds. The molecule has 0 aliphatic heterocycles. The Kier molecular flexibility index (Phi) is 10.2. The van der Waals surface area contributed by atoms with E-state index >= 15 is 0 Å². The van der Waals surface area contributed by atoms with E-state index in [9.17, 15) is 19.5 Å². The van der Waals surface area contributed by atoms with Crippen LogP contribution in [0.25, 0.3) is 11.1 Å². The maximum atomic E-state index is 13.2. The molecule has 210 valence electrons.